The van der Waals surface area contributed by atoms with E-state index >= 15 is 0 Å². The van der Waals surface area contributed by atoms with Crippen LogP contribution in [0.3, 0.4) is 0 Å². The fourth-order valence-corrected chi connectivity index (χ4v) is 1.55. The minimum Gasteiger partial charge on any atom is -0.486 e. The topological polar surface area (TPSA) is 73.9 Å². The molecule has 2 rings (SSSR count). The number of hydrogen-bond acceptors (Lipinski definition) is 5. The van der Waals surface area contributed by atoms with Crippen molar-refractivity contribution in [2.24, 2.45) is 5.73 Å². The van der Waals surface area contributed by atoms with Gasteiger partial charge in [-0.15, -0.1) is 0 Å². The molecule has 0 spiro atoms. The van der Waals surface area contributed by atoms with Crippen LogP contribution in [-0.2, 0) is 4.74 Å². The maximum Gasteiger partial charge on any atom is 0.161 e. The third-order valence-corrected chi connectivity index (χ3v) is 2.45. The van der Waals surface area contributed by atoms with E-state index in [2.05, 4.69) is 0 Å². The van der Waals surface area contributed by atoms with Crippen molar-refractivity contribution < 1.29 is 19.3 Å². The summed E-state index contributed by atoms with van der Waals surface area (Å²) in [4.78, 5) is 0. The van der Waals surface area contributed by atoms with E-state index in [0.29, 0.717) is 13.2 Å². The Morgan fingerprint density at radius 2 is 2.18 bits per heavy atom. The molecule has 1 aliphatic heterocycles. The largest absolute Gasteiger partial charge is 0.486 e. The van der Waals surface area contributed by atoms with Crippen molar-refractivity contribution >= 4 is 0 Å². The predicted molar refractivity (Wildman–Crippen MR) is 62.2 cm³/mol. The van der Waals surface area contributed by atoms with Gasteiger partial charge in [-0.05, 0) is 12.1 Å². The maximum atomic E-state index is 9.22. The van der Waals surface area contributed by atoms with E-state index in [4.69, 9.17) is 19.9 Å². The Labute approximate surface area is 100 Å². The van der Waals surface area contributed by atoms with Gasteiger partial charge in [-0.1, -0.05) is 12.1 Å². The lowest BCUT2D eigenvalue weighted by molar-refractivity contribution is -0.0194. The summed E-state index contributed by atoms with van der Waals surface area (Å²) in [6.45, 7) is 1.25. The van der Waals surface area contributed by atoms with Crippen LogP contribution in [-0.4, -0.2) is 43.7 Å². The van der Waals surface area contributed by atoms with Gasteiger partial charge in [-0.3, -0.25) is 0 Å². The van der Waals surface area contributed by atoms with Crippen molar-refractivity contribution in [2.45, 2.75) is 12.2 Å². The average Bonchev–Trinajstić information content (AvgIpc) is 2.38. The van der Waals surface area contributed by atoms with Crippen LogP contribution in [0, 0.1) is 0 Å². The molecule has 5 nitrogen and oxygen atoms in total. The number of para-hydroxylation sites is 2. The number of nitrogens with two attached hydrogens (primary N) is 1. The molecule has 1 aromatic rings. The van der Waals surface area contributed by atoms with Crippen molar-refractivity contribution in [2.75, 3.05) is 26.4 Å². The number of benzene rings is 1. The van der Waals surface area contributed by atoms with Gasteiger partial charge in [0.15, 0.2) is 17.6 Å². The zero-order valence-electron chi connectivity index (χ0n) is 9.54. The van der Waals surface area contributed by atoms with Gasteiger partial charge >= 0.3 is 0 Å². The van der Waals surface area contributed by atoms with Crippen molar-refractivity contribution in [3.8, 4) is 11.5 Å². The van der Waals surface area contributed by atoms with Gasteiger partial charge in [0.2, 0.25) is 0 Å². The summed E-state index contributed by atoms with van der Waals surface area (Å²) in [7, 11) is 0. The Bertz CT molecular complexity index is 358. The number of rotatable bonds is 5. The average molecular weight is 239 g/mol. The molecule has 0 saturated heterocycles. The molecule has 3 N–H and O–H groups in total. The van der Waals surface area contributed by atoms with Crippen molar-refractivity contribution in [1.82, 2.24) is 0 Å². The lowest BCUT2D eigenvalue weighted by Gasteiger charge is -2.26. The monoisotopic (exact) mass is 239 g/mol. The third-order valence-electron chi connectivity index (χ3n) is 2.45. The quantitative estimate of drug-likeness (QED) is 0.765. The van der Waals surface area contributed by atoms with Crippen LogP contribution in [0.5, 0.6) is 11.5 Å². The first-order chi connectivity index (χ1) is 8.29. The summed E-state index contributed by atoms with van der Waals surface area (Å²) < 4.78 is 16.5. The summed E-state index contributed by atoms with van der Waals surface area (Å²) >= 11 is 0. The first-order valence-corrected chi connectivity index (χ1v) is 5.64. The van der Waals surface area contributed by atoms with Gasteiger partial charge in [0.05, 0.1) is 19.3 Å². The zero-order chi connectivity index (χ0) is 12.1. The van der Waals surface area contributed by atoms with Crippen molar-refractivity contribution in [1.29, 1.82) is 0 Å². The number of fused-ring (bicyclic) bond motifs is 1. The Hall–Kier alpha value is -1.30. The first-order valence-electron chi connectivity index (χ1n) is 5.64. The molecule has 94 valence electrons. The van der Waals surface area contributed by atoms with E-state index in [1.165, 1.54) is 0 Å². The normalized spacial score (nSPS) is 20.0. The Morgan fingerprint density at radius 1 is 1.41 bits per heavy atom. The lowest BCUT2D eigenvalue weighted by atomic mass is 10.2. The van der Waals surface area contributed by atoms with Crippen LogP contribution in [0.25, 0.3) is 0 Å². The second-order valence-electron chi connectivity index (χ2n) is 3.92. The van der Waals surface area contributed by atoms with E-state index in [1.807, 2.05) is 24.3 Å². The third kappa shape index (κ3) is 3.33. The highest BCUT2D eigenvalue weighted by Gasteiger charge is 2.20. The summed E-state index contributed by atoms with van der Waals surface area (Å²) in [5.41, 5.74) is 5.27. The van der Waals surface area contributed by atoms with Gasteiger partial charge in [0, 0.05) is 6.54 Å². The number of hydrogen-bond donors (Lipinski definition) is 2. The standard InChI is InChI=1S/C12H17NO4/c13-5-9(14)6-15-7-10-8-16-11-3-1-2-4-12(11)17-10/h1-4,9-10,14H,5-8,13H2/t9-,10+/m0/s1. The Balaban J connectivity index is 1.78. The molecule has 1 aromatic carbocycles. The van der Waals surface area contributed by atoms with Gasteiger partial charge < -0.3 is 25.1 Å². The molecule has 0 aliphatic carbocycles. The number of ether oxygens (including phenoxy) is 3. The molecule has 0 aromatic heterocycles. The molecule has 0 amide bonds. The second-order valence-corrected chi connectivity index (χ2v) is 3.92. The minimum absolute atomic E-state index is 0.144. The molecule has 0 radical (unpaired) electrons. The molecule has 2 atom stereocenters. The van der Waals surface area contributed by atoms with Crippen LogP contribution in [0.4, 0.5) is 0 Å². The highest BCUT2D eigenvalue weighted by molar-refractivity contribution is 5.40. The molecule has 0 unspecified atom stereocenters. The molecule has 0 saturated carbocycles. The molecule has 5 heteroatoms. The van der Waals surface area contributed by atoms with E-state index < -0.39 is 6.10 Å². The van der Waals surface area contributed by atoms with Gasteiger partial charge in [-0.2, -0.15) is 0 Å². The summed E-state index contributed by atoms with van der Waals surface area (Å²) in [5.74, 6) is 1.48. The SMILES string of the molecule is NC[C@H](O)COC[C@@H]1COc2ccccc2O1. The van der Waals surface area contributed by atoms with Crippen LogP contribution in [0.15, 0.2) is 24.3 Å². The van der Waals surface area contributed by atoms with Gasteiger partial charge in [0.1, 0.15) is 6.61 Å². The predicted octanol–water partition coefficient (Wildman–Crippen LogP) is 0.163. The molecule has 17 heavy (non-hydrogen) atoms. The van der Waals surface area contributed by atoms with E-state index in [9.17, 15) is 5.11 Å². The van der Waals surface area contributed by atoms with Crippen molar-refractivity contribution in [3.63, 3.8) is 0 Å². The maximum absolute atomic E-state index is 9.22. The van der Waals surface area contributed by atoms with E-state index in [1.54, 1.807) is 0 Å². The molecule has 1 aliphatic rings. The molecule has 1 heterocycles. The molecule has 0 bridgehead atoms. The van der Waals surface area contributed by atoms with Crippen LogP contribution < -0.4 is 15.2 Å². The lowest BCUT2D eigenvalue weighted by Crippen LogP contribution is -2.35. The second kappa shape index (κ2) is 5.86. The minimum atomic E-state index is -0.619. The fourth-order valence-electron chi connectivity index (χ4n) is 1.55. The molecule has 0 fully saturated rings. The highest BCUT2D eigenvalue weighted by Crippen LogP contribution is 2.30. The summed E-state index contributed by atoms with van der Waals surface area (Å²) in [6, 6.07) is 7.51. The smallest absolute Gasteiger partial charge is 0.161 e. The van der Waals surface area contributed by atoms with Crippen LogP contribution in [0.2, 0.25) is 0 Å². The van der Waals surface area contributed by atoms with Crippen LogP contribution >= 0.6 is 0 Å². The Kier molecular flexibility index (Phi) is 4.19. The Morgan fingerprint density at radius 3 is 2.94 bits per heavy atom. The first kappa shape index (κ1) is 12.2. The van der Waals surface area contributed by atoms with Crippen molar-refractivity contribution in [3.05, 3.63) is 24.3 Å². The molecular weight excluding hydrogens is 222 g/mol. The number of aliphatic hydroxyl groups is 1. The van der Waals surface area contributed by atoms with Gasteiger partial charge in [0.25, 0.3) is 0 Å². The van der Waals surface area contributed by atoms with Crippen LogP contribution in [0.1, 0.15) is 0 Å². The van der Waals surface area contributed by atoms with Gasteiger partial charge in [-0.25, -0.2) is 0 Å². The zero-order valence-corrected chi connectivity index (χ0v) is 9.54. The fraction of sp³-hybridized carbons (Fsp3) is 0.500. The van der Waals surface area contributed by atoms with E-state index in [0.717, 1.165) is 11.5 Å². The summed E-state index contributed by atoms with van der Waals surface area (Å²) in [5, 5.41) is 9.22. The summed E-state index contributed by atoms with van der Waals surface area (Å²) in [6.07, 6.45) is -0.762. The highest BCUT2D eigenvalue weighted by atomic mass is 16.6. The van der Waals surface area contributed by atoms with E-state index in [-0.39, 0.29) is 19.3 Å². The molecular formula is C12H17NO4. The number of aliphatic hydroxyl groups excluding tert-OH is 1.